The Bertz CT molecular complexity index is 644. The molecule has 2 rings (SSSR count). The lowest BCUT2D eigenvalue weighted by Crippen LogP contribution is -2.16. The number of hydrogen-bond acceptors (Lipinski definition) is 3. The van der Waals surface area contributed by atoms with Crippen molar-refractivity contribution in [2.45, 2.75) is 6.36 Å². The summed E-state index contributed by atoms with van der Waals surface area (Å²) in [7, 11) is 0. The van der Waals surface area contributed by atoms with Crippen molar-refractivity contribution in [3.8, 4) is 17.2 Å². The summed E-state index contributed by atoms with van der Waals surface area (Å²) in [6.45, 7) is 0. The average molecular weight is 366 g/mol. The van der Waals surface area contributed by atoms with Crippen molar-refractivity contribution in [3.63, 3.8) is 0 Å². The highest BCUT2D eigenvalue weighted by atomic mass is 79.9. The lowest BCUT2D eigenvalue weighted by atomic mass is 10.3. The Morgan fingerprint density at radius 2 is 1.57 bits per heavy atom. The second-order valence-corrected chi connectivity index (χ2v) is 4.78. The Kier molecular flexibility index (Phi) is 4.26. The lowest BCUT2D eigenvalue weighted by Gasteiger charge is -2.11. The number of nitrogens with two attached hydrogens (primary N) is 1. The summed E-state index contributed by atoms with van der Waals surface area (Å²) in [5.41, 5.74) is 5.65. The van der Waals surface area contributed by atoms with Crippen LogP contribution in [-0.2, 0) is 0 Å². The fourth-order valence-corrected chi connectivity index (χ4v) is 1.79. The van der Waals surface area contributed by atoms with Gasteiger partial charge in [0.25, 0.3) is 0 Å². The zero-order chi connectivity index (χ0) is 15.6. The van der Waals surface area contributed by atoms with Crippen LogP contribution in [0.25, 0.3) is 0 Å². The first-order valence-corrected chi connectivity index (χ1v) is 6.32. The van der Waals surface area contributed by atoms with Gasteiger partial charge >= 0.3 is 6.36 Å². The van der Waals surface area contributed by atoms with Gasteiger partial charge in [-0.3, -0.25) is 0 Å². The quantitative estimate of drug-likeness (QED) is 0.623. The Hall–Kier alpha value is -1.96. The number of rotatable bonds is 3. The van der Waals surface area contributed by atoms with Crippen LogP contribution >= 0.6 is 15.9 Å². The second kappa shape index (κ2) is 5.80. The van der Waals surface area contributed by atoms with Gasteiger partial charge in [-0.2, -0.15) is 0 Å². The first-order chi connectivity index (χ1) is 9.74. The minimum Gasteiger partial charge on any atom is -0.455 e. The van der Waals surface area contributed by atoms with E-state index in [1.165, 1.54) is 18.2 Å². The molecule has 2 aromatic carbocycles. The smallest absolute Gasteiger partial charge is 0.455 e. The maximum Gasteiger partial charge on any atom is 0.573 e. The fraction of sp³-hybridized carbons (Fsp3) is 0.0769. The van der Waals surface area contributed by atoms with Crippen LogP contribution in [0.4, 0.5) is 23.2 Å². The van der Waals surface area contributed by atoms with Gasteiger partial charge in [-0.1, -0.05) is 0 Å². The molecule has 2 aromatic rings. The van der Waals surface area contributed by atoms with Crippen molar-refractivity contribution in [3.05, 3.63) is 46.7 Å². The molecule has 112 valence electrons. The number of ether oxygens (including phenoxy) is 2. The summed E-state index contributed by atoms with van der Waals surface area (Å²) in [5, 5.41) is 0. The second-order valence-electron chi connectivity index (χ2n) is 3.93. The summed E-state index contributed by atoms with van der Waals surface area (Å²) in [6, 6.07) is 7.13. The molecule has 2 N–H and O–H groups in total. The molecule has 0 bridgehead atoms. The van der Waals surface area contributed by atoms with E-state index in [1.54, 1.807) is 0 Å². The zero-order valence-corrected chi connectivity index (χ0v) is 11.8. The number of halogens is 5. The summed E-state index contributed by atoms with van der Waals surface area (Å²) < 4.78 is 58.5. The number of nitrogen functional groups attached to an aromatic ring is 1. The highest BCUT2D eigenvalue weighted by Gasteiger charge is 2.30. The Labute approximate surface area is 125 Å². The zero-order valence-electron chi connectivity index (χ0n) is 10.2. The van der Waals surface area contributed by atoms with E-state index in [9.17, 15) is 17.6 Å². The highest BCUT2D eigenvalue weighted by molar-refractivity contribution is 9.10. The van der Waals surface area contributed by atoms with E-state index < -0.39 is 12.2 Å². The minimum atomic E-state index is -4.76. The van der Waals surface area contributed by atoms with Crippen molar-refractivity contribution in [1.29, 1.82) is 0 Å². The van der Waals surface area contributed by atoms with Gasteiger partial charge < -0.3 is 15.2 Å². The monoisotopic (exact) mass is 365 g/mol. The molecule has 21 heavy (non-hydrogen) atoms. The van der Waals surface area contributed by atoms with Crippen LogP contribution in [0.3, 0.4) is 0 Å². The van der Waals surface area contributed by atoms with E-state index in [2.05, 4.69) is 20.7 Å². The summed E-state index contributed by atoms with van der Waals surface area (Å²) >= 11 is 2.98. The van der Waals surface area contributed by atoms with Crippen LogP contribution in [0, 0.1) is 5.82 Å². The lowest BCUT2D eigenvalue weighted by molar-refractivity contribution is -0.274. The number of benzene rings is 2. The predicted molar refractivity (Wildman–Crippen MR) is 71.7 cm³/mol. The van der Waals surface area contributed by atoms with E-state index in [-0.39, 0.29) is 27.4 Å². The Morgan fingerprint density at radius 1 is 1.00 bits per heavy atom. The van der Waals surface area contributed by atoms with Crippen LogP contribution in [0.15, 0.2) is 40.9 Å². The van der Waals surface area contributed by atoms with E-state index >= 15 is 0 Å². The third-order valence-electron chi connectivity index (χ3n) is 2.34. The Balaban J connectivity index is 2.16. The topological polar surface area (TPSA) is 44.5 Å². The third-order valence-corrected chi connectivity index (χ3v) is 2.95. The fourth-order valence-electron chi connectivity index (χ4n) is 1.47. The molecule has 0 aromatic heterocycles. The molecule has 0 aliphatic carbocycles. The van der Waals surface area contributed by atoms with Crippen LogP contribution < -0.4 is 15.2 Å². The van der Waals surface area contributed by atoms with E-state index in [4.69, 9.17) is 10.5 Å². The van der Waals surface area contributed by atoms with Crippen LogP contribution in [0.1, 0.15) is 0 Å². The summed E-state index contributed by atoms with van der Waals surface area (Å²) in [5.74, 6) is -0.514. The highest BCUT2D eigenvalue weighted by Crippen LogP contribution is 2.33. The molecule has 0 aliphatic heterocycles. The van der Waals surface area contributed by atoms with Crippen molar-refractivity contribution < 1.29 is 27.0 Å². The van der Waals surface area contributed by atoms with E-state index in [1.807, 2.05) is 0 Å². The molecule has 0 aliphatic rings. The molecule has 0 unspecified atom stereocenters. The molecule has 0 amide bonds. The molecule has 0 spiro atoms. The first kappa shape index (κ1) is 15.4. The minimum absolute atomic E-state index is 0.0614. The standard InChI is InChI=1S/C13H8BrF4NO2/c14-9-5-12(11(19)6-10(9)15)20-7-1-3-8(4-2-7)21-13(16,17)18/h1-6H,19H2. The van der Waals surface area contributed by atoms with Crippen LogP contribution in [0.2, 0.25) is 0 Å². The van der Waals surface area contributed by atoms with Gasteiger partial charge in [0.1, 0.15) is 17.3 Å². The third kappa shape index (κ3) is 4.25. The predicted octanol–water partition coefficient (Wildman–Crippen LogP) is 4.86. The van der Waals surface area contributed by atoms with Gasteiger partial charge in [0.2, 0.25) is 0 Å². The molecule has 0 saturated carbocycles. The van der Waals surface area contributed by atoms with Crippen molar-refractivity contribution in [1.82, 2.24) is 0 Å². The van der Waals surface area contributed by atoms with Crippen LogP contribution in [-0.4, -0.2) is 6.36 Å². The molecule has 8 heteroatoms. The van der Waals surface area contributed by atoms with Gasteiger partial charge in [0.05, 0.1) is 10.2 Å². The Morgan fingerprint density at radius 3 is 2.14 bits per heavy atom. The first-order valence-electron chi connectivity index (χ1n) is 5.53. The van der Waals surface area contributed by atoms with Gasteiger partial charge in [0, 0.05) is 12.1 Å². The molecule has 0 fully saturated rings. The van der Waals surface area contributed by atoms with Crippen molar-refractivity contribution in [2.24, 2.45) is 0 Å². The normalized spacial score (nSPS) is 11.3. The SMILES string of the molecule is Nc1cc(F)c(Br)cc1Oc1ccc(OC(F)(F)F)cc1. The molecule has 0 radical (unpaired) electrons. The van der Waals surface area contributed by atoms with Gasteiger partial charge in [-0.15, -0.1) is 13.2 Å². The van der Waals surface area contributed by atoms with E-state index in [0.29, 0.717) is 0 Å². The van der Waals surface area contributed by atoms with E-state index in [0.717, 1.165) is 18.2 Å². The molecule has 0 heterocycles. The number of hydrogen-bond donors (Lipinski definition) is 1. The maximum absolute atomic E-state index is 13.2. The summed E-state index contributed by atoms with van der Waals surface area (Å²) in [6.07, 6.45) is -4.76. The summed E-state index contributed by atoms with van der Waals surface area (Å²) in [4.78, 5) is 0. The van der Waals surface area contributed by atoms with Crippen LogP contribution in [0.5, 0.6) is 17.2 Å². The molecule has 0 saturated heterocycles. The van der Waals surface area contributed by atoms with Gasteiger partial charge in [-0.05, 0) is 40.2 Å². The number of alkyl halides is 3. The molecular weight excluding hydrogens is 358 g/mol. The maximum atomic E-state index is 13.2. The largest absolute Gasteiger partial charge is 0.573 e. The van der Waals surface area contributed by atoms with Gasteiger partial charge in [0.15, 0.2) is 5.75 Å². The molecule has 3 nitrogen and oxygen atoms in total. The number of anilines is 1. The van der Waals surface area contributed by atoms with Crippen molar-refractivity contribution in [2.75, 3.05) is 5.73 Å². The molecule has 0 atom stereocenters. The average Bonchev–Trinajstić information content (AvgIpc) is 2.36. The van der Waals surface area contributed by atoms with Crippen molar-refractivity contribution >= 4 is 21.6 Å². The van der Waals surface area contributed by atoms with Gasteiger partial charge in [-0.25, -0.2) is 4.39 Å². The molecular formula is C13H8BrF4NO2.